The molecule has 0 aliphatic heterocycles. The van der Waals surface area contributed by atoms with Crippen LogP contribution < -0.4 is 0 Å². The van der Waals surface area contributed by atoms with Crippen LogP contribution in [0.3, 0.4) is 0 Å². The van der Waals surface area contributed by atoms with Crippen molar-refractivity contribution in [1.29, 1.82) is 0 Å². The summed E-state index contributed by atoms with van der Waals surface area (Å²) in [6, 6.07) is 73.4. The second-order valence-electron chi connectivity index (χ2n) is 16.8. The lowest BCUT2D eigenvalue weighted by molar-refractivity contribution is 0.669. The lowest BCUT2D eigenvalue weighted by Gasteiger charge is -2.14. The van der Waals surface area contributed by atoms with Gasteiger partial charge in [-0.25, -0.2) is 15.0 Å². The van der Waals surface area contributed by atoms with Gasteiger partial charge in [0.05, 0.1) is 22.1 Å². The molecular weight excluding hydrogens is 781 g/mol. The monoisotopic (exact) mass is 814 g/mol. The van der Waals surface area contributed by atoms with Gasteiger partial charge < -0.3 is 8.98 Å². The molecule has 0 fully saturated rings. The summed E-state index contributed by atoms with van der Waals surface area (Å²) in [5.74, 6) is 1.76. The summed E-state index contributed by atoms with van der Waals surface area (Å²) in [6.07, 6.45) is 0. The molecule has 64 heavy (non-hydrogen) atoms. The maximum absolute atomic E-state index is 6.76. The average molecular weight is 815 g/mol. The predicted octanol–water partition coefficient (Wildman–Crippen LogP) is 15.6. The van der Waals surface area contributed by atoms with Crippen LogP contribution in [0.2, 0.25) is 0 Å². The number of nitrogens with zero attached hydrogens (tertiary/aromatic N) is 4. The van der Waals surface area contributed by atoms with Crippen LogP contribution in [-0.2, 0) is 0 Å². The third kappa shape index (κ3) is 5.28. The predicted molar refractivity (Wildman–Crippen MR) is 265 cm³/mol. The normalized spacial score (nSPS) is 12.1. The first-order valence-electron chi connectivity index (χ1n) is 21.7. The van der Waals surface area contributed by atoms with E-state index in [1.807, 2.05) is 12.1 Å². The number of rotatable bonds is 4. The van der Waals surface area contributed by atoms with E-state index in [-0.39, 0.29) is 0 Å². The first-order valence-corrected chi connectivity index (χ1v) is 21.7. The number of hydrogen-bond donors (Lipinski definition) is 0. The fraction of sp³-hybridized carbons (Fsp3) is 0. The molecule has 11 aromatic carbocycles. The number of benzene rings is 11. The Morgan fingerprint density at radius 2 is 0.797 bits per heavy atom. The van der Waals surface area contributed by atoms with Crippen LogP contribution in [0.4, 0.5) is 0 Å². The Labute approximate surface area is 366 Å². The fourth-order valence-corrected chi connectivity index (χ4v) is 10.1. The van der Waals surface area contributed by atoms with Crippen LogP contribution in [0, 0.1) is 0 Å². The Bertz CT molecular complexity index is 4140. The van der Waals surface area contributed by atoms with Gasteiger partial charge in [-0.15, -0.1) is 0 Å². The van der Waals surface area contributed by atoms with Gasteiger partial charge in [0.25, 0.3) is 0 Å². The zero-order valence-electron chi connectivity index (χ0n) is 34.3. The Kier molecular flexibility index (Phi) is 7.33. The molecule has 5 nitrogen and oxygen atoms in total. The molecule has 3 aromatic heterocycles. The SMILES string of the molecule is c1ccc2cc3c(cc2c1)c1ccccc1n3-c1cc(-c2nc(-c3ccc4c(ccc5ccccc54)c3)nc(-c3ccc4c(ccc5ccccc54)c3)n2)cc2oc3ccccc3c12. The summed E-state index contributed by atoms with van der Waals surface area (Å²) in [4.78, 5) is 16.0. The van der Waals surface area contributed by atoms with Gasteiger partial charge in [0.1, 0.15) is 11.2 Å². The summed E-state index contributed by atoms with van der Waals surface area (Å²) >= 11 is 0. The molecule has 0 unspecified atom stereocenters. The molecule has 14 aromatic rings. The highest BCUT2D eigenvalue weighted by molar-refractivity contribution is 6.17. The lowest BCUT2D eigenvalue weighted by atomic mass is 9.99. The molecule has 0 radical (unpaired) electrons. The third-order valence-electron chi connectivity index (χ3n) is 13.1. The van der Waals surface area contributed by atoms with Crippen molar-refractivity contribution in [3.05, 3.63) is 206 Å². The molecule has 0 bridgehead atoms. The highest BCUT2D eigenvalue weighted by Gasteiger charge is 2.22. The molecule has 3 heterocycles. The van der Waals surface area contributed by atoms with Crippen molar-refractivity contribution >= 4 is 97.6 Å². The largest absolute Gasteiger partial charge is 0.456 e. The smallest absolute Gasteiger partial charge is 0.164 e. The molecule has 5 heteroatoms. The van der Waals surface area contributed by atoms with Crippen molar-refractivity contribution in [2.24, 2.45) is 0 Å². The van der Waals surface area contributed by atoms with Gasteiger partial charge >= 0.3 is 0 Å². The van der Waals surface area contributed by atoms with Crippen LogP contribution in [-0.4, -0.2) is 19.5 Å². The molecule has 0 spiro atoms. The van der Waals surface area contributed by atoms with Crippen LogP contribution in [0.25, 0.3) is 137 Å². The Morgan fingerprint density at radius 1 is 0.297 bits per heavy atom. The van der Waals surface area contributed by atoms with E-state index in [0.29, 0.717) is 17.5 Å². The van der Waals surface area contributed by atoms with Gasteiger partial charge in [0.15, 0.2) is 17.5 Å². The van der Waals surface area contributed by atoms with E-state index in [1.165, 1.54) is 53.9 Å². The van der Waals surface area contributed by atoms with Gasteiger partial charge in [0.2, 0.25) is 0 Å². The fourth-order valence-electron chi connectivity index (χ4n) is 10.1. The van der Waals surface area contributed by atoms with E-state index in [0.717, 1.165) is 66.1 Å². The molecule has 0 saturated carbocycles. The molecule has 0 aliphatic carbocycles. The van der Waals surface area contributed by atoms with Gasteiger partial charge in [-0.2, -0.15) is 0 Å². The summed E-state index contributed by atoms with van der Waals surface area (Å²) in [6.45, 7) is 0. The van der Waals surface area contributed by atoms with Gasteiger partial charge in [-0.1, -0.05) is 158 Å². The minimum Gasteiger partial charge on any atom is -0.456 e. The number of aromatic nitrogens is 4. The van der Waals surface area contributed by atoms with Crippen molar-refractivity contribution in [3.8, 4) is 39.9 Å². The third-order valence-corrected chi connectivity index (χ3v) is 13.1. The van der Waals surface area contributed by atoms with Crippen LogP contribution >= 0.6 is 0 Å². The van der Waals surface area contributed by atoms with Crippen molar-refractivity contribution in [2.75, 3.05) is 0 Å². The highest BCUT2D eigenvalue weighted by Crippen LogP contribution is 2.42. The van der Waals surface area contributed by atoms with E-state index in [9.17, 15) is 0 Å². The van der Waals surface area contributed by atoms with E-state index >= 15 is 0 Å². The van der Waals surface area contributed by atoms with Crippen LogP contribution in [0.15, 0.2) is 211 Å². The molecule has 0 atom stereocenters. The number of para-hydroxylation sites is 2. The first-order chi connectivity index (χ1) is 31.7. The van der Waals surface area contributed by atoms with Crippen LogP contribution in [0.5, 0.6) is 0 Å². The standard InChI is InChI=1S/C59H34N4O/c1-2-14-38-32-52-50(31-37(38)13-1)48-17-7-9-19-51(48)63(52)53-33-43(34-55-56(53)49-18-8-10-20-54(49)64-55)59-61-57(41-25-27-46-39(29-41)23-21-35-11-3-5-15-44(35)46)60-58(62-59)42-26-28-47-40(30-42)24-22-36-12-4-6-16-45(36)47/h1-34H. The number of hydrogen-bond acceptors (Lipinski definition) is 4. The molecule has 14 rings (SSSR count). The number of fused-ring (bicyclic) bond motifs is 13. The minimum atomic E-state index is 0.562. The Morgan fingerprint density at radius 3 is 1.45 bits per heavy atom. The summed E-state index contributed by atoms with van der Waals surface area (Å²) in [7, 11) is 0. The van der Waals surface area contributed by atoms with E-state index in [2.05, 4.69) is 199 Å². The highest BCUT2D eigenvalue weighted by atomic mass is 16.3. The van der Waals surface area contributed by atoms with Gasteiger partial charge in [0, 0.05) is 32.8 Å². The quantitative estimate of drug-likeness (QED) is 0.166. The maximum Gasteiger partial charge on any atom is 0.164 e. The van der Waals surface area contributed by atoms with E-state index in [4.69, 9.17) is 19.4 Å². The summed E-state index contributed by atoms with van der Waals surface area (Å²) < 4.78 is 9.16. The Balaban J connectivity index is 1.05. The topological polar surface area (TPSA) is 56.7 Å². The molecule has 0 aliphatic rings. The molecule has 0 N–H and O–H groups in total. The van der Waals surface area contributed by atoms with Crippen molar-refractivity contribution in [1.82, 2.24) is 19.5 Å². The van der Waals surface area contributed by atoms with Crippen LogP contribution in [0.1, 0.15) is 0 Å². The van der Waals surface area contributed by atoms with Gasteiger partial charge in [-0.05, 0) is 102 Å². The minimum absolute atomic E-state index is 0.562. The van der Waals surface area contributed by atoms with E-state index < -0.39 is 0 Å². The Hall–Kier alpha value is -8.67. The average Bonchev–Trinajstić information content (AvgIpc) is 3.90. The lowest BCUT2D eigenvalue weighted by Crippen LogP contribution is -2.02. The number of furan rings is 1. The molecule has 0 amide bonds. The maximum atomic E-state index is 6.76. The van der Waals surface area contributed by atoms with Crippen molar-refractivity contribution in [3.63, 3.8) is 0 Å². The van der Waals surface area contributed by atoms with Gasteiger partial charge in [-0.3, -0.25) is 0 Å². The second-order valence-corrected chi connectivity index (χ2v) is 16.8. The second kappa shape index (κ2) is 13.4. The van der Waals surface area contributed by atoms with Crippen molar-refractivity contribution < 1.29 is 4.42 Å². The summed E-state index contributed by atoms with van der Waals surface area (Å²) in [5.41, 5.74) is 7.48. The molecular formula is C59H34N4O. The van der Waals surface area contributed by atoms with Crippen molar-refractivity contribution in [2.45, 2.75) is 0 Å². The molecule has 0 saturated heterocycles. The van der Waals surface area contributed by atoms with E-state index in [1.54, 1.807) is 0 Å². The first kappa shape index (κ1) is 35.0. The zero-order valence-corrected chi connectivity index (χ0v) is 34.3. The zero-order chi connectivity index (χ0) is 41.9. The molecule has 296 valence electrons. The summed E-state index contributed by atoms with van der Waals surface area (Å²) in [5, 5.41) is 16.4.